The Morgan fingerprint density at radius 2 is 1.78 bits per heavy atom. The number of anilines is 3. The van der Waals surface area contributed by atoms with Crippen LogP contribution in [0.2, 0.25) is 0 Å². The van der Waals surface area contributed by atoms with E-state index in [1.165, 1.54) is 0 Å². The summed E-state index contributed by atoms with van der Waals surface area (Å²) in [6, 6.07) is 17.9. The van der Waals surface area contributed by atoms with Gasteiger partial charge in [0.1, 0.15) is 5.82 Å². The Kier molecular flexibility index (Phi) is 6.96. The second kappa shape index (κ2) is 10.3. The van der Waals surface area contributed by atoms with Crippen LogP contribution in [-0.4, -0.2) is 50.7 Å². The molecule has 2 aromatic carbocycles. The van der Waals surface area contributed by atoms with Crippen LogP contribution in [0, 0.1) is 0 Å². The summed E-state index contributed by atoms with van der Waals surface area (Å²) in [5.41, 5.74) is 2.79. The predicted molar refractivity (Wildman–Crippen MR) is 146 cm³/mol. The molecule has 1 aliphatic rings. The number of nitrogens with zero attached hydrogens (tertiary/aromatic N) is 2. The van der Waals surface area contributed by atoms with E-state index in [4.69, 9.17) is 9.72 Å². The largest absolute Gasteiger partial charge is 0.378 e. The quantitative estimate of drug-likeness (QED) is 0.340. The standard InChI is InChI=1S/C27H29N5O4S/c1-18(2)31-37(34,35)23-5-3-4-19(16-23)24-17-20-10-11-28-27(33)25(20)26(30-24)29-21-6-8-22(9-7-21)32-12-14-36-15-13-32/h3-11,16-18,31H,12-15H2,1-2H3,(H,28,33)(H,29,30). The monoisotopic (exact) mass is 519 g/mol. The Labute approximate surface area is 215 Å². The second-order valence-corrected chi connectivity index (χ2v) is 10.9. The molecule has 4 aromatic rings. The van der Waals surface area contributed by atoms with E-state index in [2.05, 4.69) is 19.9 Å². The normalized spacial score (nSPS) is 14.3. The van der Waals surface area contributed by atoms with E-state index < -0.39 is 10.0 Å². The first-order chi connectivity index (χ1) is 17.8. The summed E-state index contributed by atoms with van der Waals surface area (Å²) in [5, 5.41) is 4.41. The van der Waals surface area contributed by atoms with Gasteiger partial charge in [0, 0.05) is 42.3 Å². The Bertz CT molecular complexity index is 1580. The number of ether oxygens (including phenoxy) is 1. The van der Waals surface area contributed by atoms with E-state index in [0.717, 1.165) is 24.5 Å². The van der Waals surface area contributed by atoms with Crippen molar-refractivity contribution in [1.29, 1.82) is 0 Å². The maximum Gasteiger partial charge on any atom is 0.259 e. The molecule has 9 nitrogen and oxygen atoms in total. The van der Waals surface area contributed by atoms with Gasteiger partial charge in [0.25, 0.3) is 5.56 Å². The zero-order valence-electron chi connectivity index (χ0n) is 20.7. The number of morpholine rings is 1. The average Bonchev–Trinajstić information content (AvgIpc) is 2.89. The van der Waals surface area contributed by atoms with Gasteiger partial charge in [-0.25, -0.2) is 18.1 Å². The number of rotatable bonds is 7. The highest BCUT2D eigenvalue weighted by Gasteiger charge is 2.18. The lowest BCUT2D eigenvalue weighted by molar-refractivity contribution is 0.122. The van der Waals surface area contributed by atoms with Crippen LogP contribution in [0.1, 0.15) is 13.8 Å². The Hall–Kier alpha value is -3.73. The molecule has 1 aliphatic heterocycles. The number of aromatic nitrogens is 2. The molecule has 0 saturated carbocycles. The summed E-state index contributed by atoms with van der Waals surface area (Å²) in [6.45, 7) is 6.66. The van der Waals surface area contributed by atoms with Crippen molar-refractivity contribution in [2.45, 2.75) is 24.8 Å². The summed E-state index contributed by atoms with van der Waals surface area (Å²) in [5.74, 6) is 0.391. The maximum atomic E-state index is 12.7. The lowest BCUT2D eigenvalue weighted by Gasteiger charge is -2.28. The minimum Gasteiger partial charge on any atom is -0.378 e. The van der Waals surface area contributed by atoms with E-state index in [9.17, 15) is 13.2 Å². The van der Waals surface area contributed by atoms with E-state index in [-0.39, 0.29) is 16.5 Å². The Balaban J connectivity index is 1.52. The number of H-pyrrole nitrogens is 1. The third-order valence-corrected chi connectivity index (χ3v) is 7.75. The van der Waals surface area contributed by atoms with Crippen molar-refractivity contribution < 1.29 is 13.2 Å². The van der Waals surface area contributed by atoms with Crippen molar-refractivity contribution >= 4 is 38.0 Å². The van der Waals surface area contributed by atoms with Crippen LogP contribution in [-0.2, 0) is 14.8 Å². The number of aromatic amines is 1. The molecule has 5 rings (SSSR count). The van der Waals surface area contributed by atoms with Gasteiger partial charge in [-0.3, -0.25) is 4.79 Å². The molecule has 10 heteroatoms. The summed E-state index contributed by atoms with van der Waals surface area (Å²) >= 11 is 0. The molecule has 3 N–H and O–H groups in total. The first kappa shape index (κ1) is 24.9. The highest BCUT2D eigenvalue weighted by molar-refractivity contribution is 7.89. The van der Waals surface area contributed by atoms with Gasteiger partial charge in [0.05, 0.1) is 29.2 Å². The molecule has 0 aliphatic carbocycles. The van der Waals surface area contributed by atoms with E-state index in [1.54, 1.807) is 56.4 Å². The smallest absolute Gasteiger partial charge is 0.259 e. The van der Waals surface area contributed by atoms with Gasteiger partial charge in [-0.1, -0.05) is 12.1 Å². The number of pyridine rings is 2. The van der Waals surface area contributed by atoms with E-state index >= 15 is 0 Å². The molecule has 0 amide bonds. The third-order valence-electron chi connectivity index (χ3n) is 6.09. The van der Waals surface area contributed by atoms with Crippen LogP contribution in [0.5, 0.6) is 0 Å². The molecule has 3 heterocycles. The maximum absolute atomic E-state index is 12.7. The lowest BCUT2D eigenvalue weighted by Crippen LogP contribution is -2.36. The van der Waals surface area contributed by atoms with Crippen molar-refractivity contribution in [3.05, 3.63) is 77.2 Å². The molecular formula is C27H29N5O4S. The van der Waals surface area contributed by atoms with Crippen molar-refractivity contribution in [1.82, 2.24) is 14.7 Å². The lowest BCUT2D eigenvalue weighted by atomic mass is 10.1. The van der Waals surface area contributed by atoms with Crippen LogP contribution in [0.4, 0.5) is 17.2 Å². The number of benzene rings is 2. The fourth-order valence-corrected chi connectivity index (χ4v) is 5.66. The van der Waals surface area contributed by atoms with Crippen LogP contribution in [0.25, 0.3) is 22.0 Å². The minimum absolute atomic E-state index is 0.153. The van der Waals surface area contributed by atoms with Crippen LogP contribution < -0.4 is 20.5 Å². The Morgan fingerprint density at radius 1 is 1.03 bits per heavy atom. The highest BCUT2D eigenvalue weighted by Crippen LogP contribution is 2.29. The van der Waals surface area contributed by atoms with Gasteiger partial charge in [0.15, 0.2) is 0 Å². The molecular weight excluding hydrogens is 490 g/mol. The summed E-state index contributed by atoms with van der Waals surface area (Å²) in [7, 11) is -3.67. The molecule has 37 heavy (non-hydrogen) atoms. The molecule has 2 aromatic heterocycles. The average molecular weight is 520 g/mol. The fourth-order valence-electron chi connectivity index (χ4n) is 4.37. The van der Waals surface area contributed by atoms with Crippen LogP contribution in [0.15, 0.2) is 76.6 Å². The second-order valence-electron chi connectivity index (χ2n) is 9.20. The minimum atomic E-state index is -3.67. The van der Waals surface area contributed by atoms with Crippen molar-refractivity contribution in [2.24, 2.45) is 0 Å². The third kappa shape index (κ3) is 5.51. The SMILES string of the molecule is CC(C)NS(=O)(=O)c1cccc(-c2cc3cc[nH]c(=O)c3c(Nc3ccc(N4CCOCC4)cc3)n2)c1. The predicted octanol–water partition coefficient (Wildman–Crippen LogP) is 3.86. The summed E-state index contributed by atoms with van der Waals surface area (Å²) < 4.78 is 33.5. The topological polar surface area (TPSA) is 116 Å². The summed E-state index contributed by atoms with van der Waals surface area (Å²) in [4.78, 5) is 22.6. The van der Waals surface area contributed by atoms with Crippen molar-refractivity contribution in [3.63, 3.8) is 0 Å². The number of hydrogen-bond donors (Lipinski definition) is 3. The number of fused-ring (bicyclic) bond motifs is 1. The summed E-state index contributed by atoms with van der Waals surface area (Å²) in [6.07, 6.45) is 1.59. The van der Waals surface area contributed by atoms with Crippen LogP contribution >= 0.6 is 0 Å². The van der Waals surface area contributed by atoms with Gasteiger partial charge in [-0.15, -0.1) is 0 Å². The molecule has 192 valence electrons. The fraction of sp³-hybridized carbons (Fsp3) is 0.259. The van der Waals surface area contributed by atoms with Gasteiger partial charge in [0.2, 0.25) is 10.0 Å². The molecule has 1 saturated heterocycles. The first-order valence-corrected chi connectivity index (χ1v) is 13.6. The van der Waals surface area contributed by atoms with Gasteiger partial charge in [-0.05, 0) is 67.8 Å². The molecule has 0 spiro atoms. The highest BCUT2D eigenvalue weighted by atomic mass is 32.2. The zero-order chi connectivity index (χ0) is 26.0. The van der Waals surface area contributed by atoms with Crippen molar-refractivity contribution in [3.8, 4) is 11.3 Å². The molecule has 0 atom stereocenters. The number of hydrogen-bond acceptors (Lipinski definition) is 7. The molecule has 0 bridgehead atoms. The number of sulfonamides is 1. The van der Waals surface area contributed by atoms with E-state index in [1.807, 2.05) is 24.3 Å². The first-order valence-electron chi connectivity index (χ1n) is 12.2. The molecule has 0 unspecified atom stereocenters. The van der Waals surface area contributed by atoms with E-state index in [0.29, 0.717) is 41.1 Å². The molecule has 0 radical (unpaired) electrons. The van der Waals surface area contributed by atoms with Crippen LogP contribution in [0.3, 0.4) is 0 Å². The number of nitrogens with one attached hydrogen (secondary N) is 3. The van der Waals surface area contributed by atoms with Gasteiger partial charge < -0.3 is 19.9 Å². The van der Waals surface area contributed by atoms with Gasteiger partial charge >= 0.3 is 0 Å². The zero-order valence-corrected chi connectivity index (χ0v) is 21.5. The molecule has 1 fully saturated rings. The van der Waals surface area contributed by atoms with Crippen molar-refractivity contribution in [2.75, 3.05) is 36.5 Å². The van der Waals surface area contributed by atoms with Gasteiger partial charge in [-0.2, -0.15) is 0 Å². The Morgan fingerprint density at radius 3 is 2.51 bits per heavy atom.